The number of aliphatic hydroxyl groups excluding tert-OH is 2. The molecule has 0 spiro atoms. The summed E-state index contributed by atoms with van der Waals surface area (Å²) in [4.78, 5) is 39.3. The monoisotopic (exact) mass is 478 g/mol. The summed E-state index contributed by atoms with van der Waals surface area (Å²) in [6.07, 6.45) is -2.76. The molecule has 1 amide bonds. The van der Waals surface area contributed by atoms with Crippen LogP contribution in [0.5, 0.6) is 0 Å². The fourth-order valence-corrected chi connectivity index (χ4v) is 5.21. The zero-order chi connectivity index (χ0) is 24.4. The number of ether oxygens (including phenoxy) is 4. The molecule has 0 saturated carbocycles. The molecule has 3 fully saturated rings. The zero-order valence-electron chi connectivity index (χ0n) is 18.8. The predicted molar refractivity (Wildman–Crippen MR) is 112 cm³/mol. The highest BCUT2D eigenvalue weighted by molar-refractivity contribution is 6.09. The van der Waals surface area contributed by atoms with Gasteiger partial charge in [-0.25, -0.2) is 19.7 Å². The third kappa shape index (κ3) is 2.89. The van der Waals surface area contributed by atoms with E-state index in [9.17, 15) is 19.8 Å². The average Bonchev–Trinajstić information content (AvgIpc) is 3.52. The van der Waals surface area contributed by atoms with Crippen molar-refractivity contribution < 1.29 is 38.7 Å². The molecule has 3 aliphatic heterocycles. The molecule has 2 bridgehead atoms. The van der Waals surface area contributed by atoms with Gasteiger partial charge in [-0.05, 0) is 6.92 Å². The van der Waals surface area contributed by atoms with Crippen molar-refractivity contribution in [2.24, 2.45) is 0 Å². The number of esters is 1. The minimum Gasteiger partial charge on any atom is -0.466 e. The van der Waals surface area contributed by atoms with E-state index >= 15 is 0 Å². The second-order valence-electron chi connectivity index (χ2n) is 8.62. The fraction of sp³-hybridized carbons (Fsp3) is 0.650. The van der Waals surface area contributed by atoms with E-state index in [1.165, 1.54) is 36.3 Å². The lowest BCUT2D eigenvalue weighted by atomic mass is 9.86. The second kappa shape index (κ2) is 7.81. The summed E-state index contributed by atoms with van der Waals surface area (Å²) in [7, 11) is 2.68. The van der Waals surface area contributed by atoms with Crippen LogP contribution in [0.15, 0.2) is 12.7 Å². The minimum absolute atomic E-state index is 0.0317. The number of piperidine rings is 1. The smallest absolute Gasteiger partial charge is 0.351 e. The largest absolute Gasteiger partial charge is 0.466 e. The Morgan fingerprint density at radius 1 is 1.32 bits per heavy atom. The third-order valence-corrected chi connectivity index (χ3v) is 6.92. The Hall–Kier alpha value is -2.91. The van der Waals surface area contributed by atoms with Crippen molar-refractivity contribution in [2.45, 2.75) is 61.7 Å². The van der Waals surface area contributed by atoms with Crippen LogP contribution in [0, 0.1) is 0 Å². The van der Waals surface area contributed by atoms with Crippen LogP contribution in [0.1, 0.15) is 26.0 Å². The lowest BCUT2D eigenvalue weighted by Gasteiger charge is -2.37. The summed E-state index contributed by atoms with van der Waals surface area (Å²) in [5, 5.41) is 21.6. The van der Waals surface area contributed by atoms with Gasteiger partial charge in [-0.1, -0.05) is 0 Å². The molecular formula is C20H26N6O8. The SMILES string of the molecule is CCOC1CC2(C[C@H]3O[C@@H](n4cnc5c(N)ncnc54)[C@H](O)[C@@H]3O)OC1(C(=O)OC)C(=O)N2C. The first kappa shape index (κ1) is 22.9. The fourth-order valence-electron chi connectivity index (χ4n) is 5.21. The highest BCUT2D eigenvalue weighted by Gasteiger charge is 2.75. The van der Waals surface area contributed by atoms with Crippen molar-refractivity contribution in [1.82, 2.24) is 24.4 Å². The standard InChI is InChI=1S/C20H26N6O8/c1-4-32-10-6-19(25(2)17(29)20(10,34-19)18(30)31-3)5-9-12(27)13(28)16(33-9)26-8-24-11-14(21)22-7-23-15(11)26/h7-10,12-13,16,27-28H,4-6H2,1-3H3,(H2,21,22,23)/t9-,10?,12-,13-,16-,19?,20?/m1/s1. The number of imidazole rings is 1. The van der Waals surface area contributed by atoms with Crippen LogP contribution in [0.3, 0.4) is 0 Å². The molecule has 2 aromatic rings. The van der Waals surface area contributed by atoms with Gasteiger partial charge in [0.1, 0.15) is 30.2 Å². The van der Waals surface area contributed by atoms with E-state index in [-0.39, 0.29) is 25.3 Å². The molecule has 5 rings (SSSR count). The van der Waals surface area contributed by atoms with Crippen molar-refractivity contribution in [1.29, 1.82) is 0 Å². The van der Waals surface area contributed by atoms with Crippen LogP contribution >= 0.6 is 0 Å². The number of amides is 1. The molecule has 3 saturated heterocycles. The van der Waals surface area contributed by atoms with Crippen LogP contribution in [-0.4, -0.2) is 103 Å². The molecule has 0 aliphatic carbocycles. The number of carbonyl (C=O) groups excluding carboxylic acids is 2. The number of aliphatic hydroxyl groups is 2. The maximum atomic E-state index is 13.2. The maximum absolute atomic E-state index is 13.2. The van der Waals surface area contributed by atoms with E-state index < -0.39 is 53.8 Å². The number of nitrogens with zero attached hydrogens (tertiary/aromatic N) is 5. The van der Waals surface area contributed by atoms with Gasteiger partial charge >= 0.3 is 5.97 Å². The summed E-state index contributed by atoms with van der Waals surface area (Å²) in [5.41, 5.74) is 3.25. The van der Waals surface area contributed by atoms with Crippen LogP contribution < -0.4 is 5.73 Å². The molecule has 14 nitrogen and oxygen atoms in total. The summed E-state index contributed by atoms with van der Waals surface area (Å²) in [5.74, 6) is -1.28. The van der Waals surface area contributed by atoms with Gasteiger partial charge in [0.2, 0.25) is 0 Å². The number of rotatable bonds is 6. The maximum Gasteiger partial charge on any atom is 0.351 e. The van der Waals surface area contributed by atoms with E-state index in [0.29, 0.717) is 11.2 Å². The lowest BCUT2D eigenvalue weighted by Crippen LogP contribution is -2.60. The predicted octanol–water partition coefficient (Wildman–Crippen LogP) is -1.68. The number of nitrogens with two attached hydrogens (primary N) is 1. The number of carbonyl (C=O) groups is 2. The molecule has 7 atom stereocenters. The number of likely N-dealkylation sites (N-methyl/N-ethyl adjacent to an activating group) is 1. The highest BCUT2D eigenvalue weighted by Crippen LogP contribution is 2.53. The van der Waals surface area contributed by atoms with Crippen molar-refractivity contribution in [3.8, 4) is 0 Å². The van der Waals surface area contributed by atoms with E-state index in [2.05, 4.69) is 15.0 Å². The number of likely N-dealkylation sites (tertiary alicyclic amines) is 1. The number of hydrogen-bond acceptors (Lipinski definition) is 12. The van der Waals surface area contributed by atoms with E-state index in [1.54, 1.807) is 6.92 Å². The number of aromatic nitrogens is 4. The van der Waals surface area contributed by atoms with Gasteiger partial charge in [-0.15, -0.1) is 0 Å². The zero-order valence-corrected chi connectivity index (χ0v) is 18.8. The molecule has 0 aromatic carbocycles. The molecule has 5 heterocycles. The number of nitrogen functional groups attached to an aromatic ring is 1. The Kier molecular flexibility index (Phi) is 5.25. The third-order valence-electron chi connectivity index (χ3n) is 6.92. The number of methoxy groups -OCH3 is 1. The van der Waals surface area contributed by atoms with Crippen LogP contribution in [-0.2, 0) is 28.5 Å². The second-order valence-corrected chi connectivity index (χ2v) is 8.62. The summed E-state index contributed by atoms with van der Waals surface area (Å²) < 4.78 is 24.2. The van der Waals surface area contributed by atoms with Gasteiger partial charge in [0, 0.05) is 26.5 Å². The number of fused-ring (bicyclic) bond motifs is 3. The Labute approximate surface area is 193 Å². The van der Waals surface area contributed by atoms with Crippen molar-refractivity contribution in [2.75, 3.05) is 26.5 Å². The van der Waals surface area contributed by atoms with Gasteiger partial charge in [-0.2, -0.15) is 0 Å². The quantitative estimate of drug-likeness (QED) is 0.317. The molecule has 4 N–H and O–H groups in total. The normalized spacial score (nSPS) is 37.1. The Balaban J connectivity index is 1.44. The van der Waals surface area contributed by atoms with E-state index in [1.807, 2.05) is 0 Å². The summed E-state index contributed by atoms with van der Waals surface area (Å²) in [6.45, 7) is 2.00. The van der Waals surface area contributed by atoms with Crippen molar-refractivity contribution >= 4 is 28.9 Å². The Bertz CT molecular complexity index is 1140. The highest BCUT2D eigenvalue weighted by atomic mass is 16.6. The first-order valence-corrected chi connectivity index (χ1v) is 10.8. The summed E-state index contributed by atoms with van der Waals surface area (Å²) in [6, 6.07) is 0. The van der Waals surface area contributed by atoms with E-state index in [4.69, 9.17) is 24.7 Å². The molecule has 2 aromatic heterocycles. The Morgan fingerprint density at radius 3 is 2.79 bits per heavy atom. The Morgan fingerprint density at radius 2 is 2.09 bits per heavy atom. The van der Waals surface area contributed by atoms with Gasteiger partial charge in [0.25, 0.3) is 11.5 Å². The average molecular weight is 478 g/mol. The van der Waals surface area contributed by atoms with Gasteiger partial charge in [0.05, 0.1) is 19.5 Å². The molecule has 3 unspecified atom stereocenters. The molecule has 0 radical (unpaired) electrons. The van der Waals surface area contributed by atoms with Crippen LogP contribution in [0.2, 0.25) is 0 Å². The number of hydrogen-bond donors (Lipinski definition) is 3. The van der Waals surface area contributed by atoms with E-state index in [0.717, 1.165) is 0 Å². The lowest BCUT2D eigenvalue weighted by molar-refractivity contribution is -0.181. The molecule has 184 valence electrons. The van der Waals surface area contributed by atoms with Crippen molar-refractivity contribution in [3.63, 3.8) is 0 Å². The molecule has 34 heavy (non-hydrogen) atoms. The van der Waals surface area contributed by atoms with Crippen molar-refractivity contribution in [3.05, 3.63) is 12.7 Å². The van der Waals surface area contributed by atoms with Gasteiger partial charge in [0.15, 0.2) is 23.4 Å². The molecule has 3 aliphatic rings. The van der Waals surface area contributed by atoms with Crippen LogP contribution in [0.25, 0.3) is 11.2 Å². The van der Waals surface area contributed by atoms with Gasteiger partial charge < -0.3 is 39.8 Å². The summed E-state index contributed by atoms with van der Waals surface area (Å²) >= 11 is 0. The first-order chi connectivity index (χ1) is 16.2. The number of anilines is 1. The minimum atomic E-state index is -1.93. The molecule has 14 heteroatoms. The first-order valence-electron chi connectivity index (χ1n) is 10.8. The van der Waals surface area contributed by atoms with Gasteiger partial charge in [-0.3, -0.25) is 9.36 Å². The molecular weight excluding hydrogens is 452 g/mol. The van der Waals surface area contributed by atoms with Crippen LogP contribution in [0.4, 0.5) is 5.82 Å². The topological polar surface area (TPSA) is 184 Å².